The van der Waals surface area contributed by atoms with Crippen molar-refractivity contribution in [1.82, 2.24) is 4.57 Å². The predicted octanol–water partition coefficient (Wildman–Crippen LogP) is 1.57. The van der Waals surface area contributed by atoms with E-state index < -0.39 is 35.8 Å². The Morgan fingerprint density at radius 2 is 1.85 bits per heavy atom. The predicted molar refractivity (Wildman–Crippen MR) is 91.0 cm³/mol. The van der Waals surface area contributed by atoms with E-state index in [1.807, 2.05) is 0 Å². The monoisotopic (exact) mass is 382 g/mol. The summed E-state index contributed by atoms with van der Waals surface area (Å²) in [4.78, 5) is 47.8. The third kappa shape index (κ3) is 3.97. The number of rotatable bonds is 5. The molecule has 2 aromatic rings. The Morgan fingerprint density at radius 3 is 2.46 bits per heavy atom. The smallest absolute Gasteiger partial charge is 0.348 e. The molecule has 8 nitrogen and oxygen atoms in total. The second kappa shape index (κ2) is 7.91. The molecule has 0 spiro atoms. The largest absolute Gasteiger partial charge is 0.465 e. The van der Waals surface area contributed by atoms with Crippen molar-refractivity contribution >= 4 is 34.2 Å². The van der Waals surface area contributed by atoms with E-state index in [0.29, 0.717) is 5.56 Å². The van der Waals surface area contributed by atoms with E-state index in [2.05, 4.69) is 14.8 Å². The van der Waals surface area contributed by atoms with Crippen molar-refractivity contribution in [3.8, 4) is 0 Å². The van der Waals surface area contributed by atoms with Crippen LogP contribution in [0.25, 0.3) is 0 Å². The number of hydrogen-bond acceptors (Lipinski definition) is 7. The minimum Gasteiger partial charge on any atom is -0.465 e. The maximum absolute atomic E-state index is 13.2. The second-order valence-corrected chi connectivity index (χ2v) is 6.13. The Kier molecular flexibility index (Phi) is 5.88. The van der Waals surface area contributed by atoms with Crippen molar-refractivity contribution < 1.29 is 28.2 Å². The fourth-order valence-electron chi connectivity index (χ4n) is 2.18. The molecule has 0 saturated heterocycles. The number of hydrogen-bond donors (Lipinski definition) is 1. The lowest BCUT2D eigenvalue weighted by atomic mass is 10.1. The van der Waals surface area contributed by atoms with Gasteiger partial charge in [-0.25, -0.2) is 14.0 Å². The molecule has 138 valence electrons. The first-order chi connectivity index (χ1) is 12.3. The summed E-state index contributed by atoms with van der Waals surface area (Å²) in [6.45, 7) is 1.05. The average Bonchev–Trinajstić information content (AvgIpc) is 2.92. The molecule has 0 radical (unpaired) electrons. The van der Waals surface area contributed by atoms with Gasteiger partial charge in [-0.3, -0.25) is 9.59 Å². The highest BCUT2D eigenvalue weighted by Crippen LogP contribution is 2.34. The second-order valence-electron chi connectivity index (χ2n) is 5.11. The van der Waals surface area contributed by atoms with Gasteiger partial charge in [0.15, 0.2) is 0 Å². The zero-order valence-corrected chi connectivity index (χ0v) is 14.9. The number of halogens is 1. The van der Waals surface area contributed by atoms with Gasteiger partial charge in [-0.05, 0) is 18.6 Å². The van der Waals surface area contributed by atoms with Crippen molar-refractivity contribution in [2.45, 2.75) is 13.5 Å². The number of nitrogens with zero attached hydrogens (tertiary/aromatic N) is 1. The number of carbonyl (C=O) groups excluding carboxylic acids is 3. The molecule has 0 saturated carbocycles. The van der Waals surface area contributed by atoms with Crippen LogP contribution in [-0.4, -0.2) is 36.6 Å². The minimum absolute atomic E-state index is 0.0119. The van der Waals surface area contributed by atoms with Crippen LogP contribution in [0.3, 0.4) is 0 Å². The number of anilines is 1. The van der Waals surface area contributed by atoms with Gasteiger partial charge in [-0.15, -0.1) is 11.3 Å². The van der Waals surface area contributed by atoms with Crippen LogP contribution in [0.5, 0.6) is 0 Å². The van der Waals surface area contributed by atoms with Crippen LogP contribution >= 0.6 is 11.3 Å². The van der Waals surface area contributed by atoms with E-state index in [4.69, 9.17) is 0 Å². The van der Waals surface area contributed by atoms with Crippen LogP contribution in [0, 0.1) is 12.7 Å². The molecule has 0 aromatic carbocycles. The van der Waals surface area contributed by atoms with Crippen molar-refractivity contribution in [3.05, 3.63) is 50.5 Å². The van der Waals surface area contributed by atoms with E-state index in [1.54, 1.807) is 0 Å². The zero-order chi connectivity index (χ0) is 19.4. The Bertz CT molecular complexity index is 933. The van der Waals surface area contributed by atoms with Crippen LogP contribution in [0.4, 0.5) is 9.39 Å². The highest BCUT2D eigenvalue weighted by molar-refractivity contribution is 7.18. The van der Waals surface area contributed by atoms with Crippen LogP contribution in [-0.2, 0) is 20.8 Å². The van der Waals surface area contributed by atoms with E-state index in [0.717, 1.165) is 41.3 Å². The number of thiophene rings is 1. The van der Waals surface area contributed by atoms with E-state index >= 15 is 0 Å². The molecule has 0 unspecified atom stereocenters. The summed E-state index contributed by atoms with van der Waals surface area (Å²) >= 11 is 0.840. The van der Waals surface area contributed by atoms with Gasteiger partial charge in [-0.2, -0.15) is 0 Å². The average molecular weight is 382 g/mol. The Balaban J connectivity index is 2.34. The van der Waals surface area contributed by atoms with Gasteiger partial charge in [0.1, 0.15) is 22.2 Å². The van der Waals surface area contributed by atoms with Gasteiger partial charge in [0.2, 0.25) is 5.91 Å². The number of nitrogens with one attached hydrogen (secondary N) is 1. The van der Waals surface area contributed by atoms with Gasteiger partial charge in [0.05, 0.1) is 19.8 Å². The van der Waals surface area contributed by atoms with Crippen molar-refractivity contribution in [3.63, 3.8) is 0 Å². The molecule has 0 fully saturated rings. The Morgan fingerprint density at radius 1 is 1.19 bits per heavy atom. The summed E-state index contributed by atoms with van der Waals surface area (Å²) in [5.41, 5.74) is -0.253. The summed E-state index contributed by atoms with van der Waals surface area (Å²) in [6.07, 6.45) is 0.892. The molecule has 26 heavy (non-hydrogen) atoms. The molecule has 10 heteroatoms. The van der Waals surface area contributed by atoms with E-state index in [9.17, 15) is 23.6 Å². The maximum atomic E-state index is 13.2. The molecule has 2 aromatic heterocycles. The molecule has 0 aliphatic carbocycles. The van der Waals surface area contributed by atoms with Gasteiger partial charge in [0.25, 0.3) is 5.56 Å². The van der Waals surface area contributed by atoms with Crippen molar-refractivity contribution in [1.29, 1.82) is 0 Å². The minimum atomic E-state index is -0.743. The first-order valence-electron chi connectivity index (χ1n) is 7.24. The molecule has 2 rings (SSSR count). The first kappa shape index (κ1) is 19.3. The number of carbonyl (C=O) groups is 3. The maximum Gasteiger partial charge on any atom is 0.348 e. The van der Waals surface area contributed by atoms with E-state index in [-0.39, 0.29) is 15.4 Å². The first-order valence-corrected chi connectivity index (χ1v) is 8.06. The summed E-state index contributed by atoms with van der Waals surface area (Å²) in [7, 11) is 2.35. The highest BCUT2D eigenvalue weighted by atomic mass is 32.1. The highest BCUT2D eigenvalue weighted by Gasteiger charge is 2.26. The normalized spacial score (nSPS) is 10.3. The lowest BCUT2D eigenvalue weighted by Crippen LogP contribution is -2.27. The SMILES string of the molecule is COC(=O)c1sc(NC(=O)Cn2cc(F)ccc2=O)c(C(=O)OC)c1C. The fourth-order valence-corrected chi connectivity index (χ4v) is 3.31. The third-order valence-electron chi connectivity index (χ3n) is 3.42. The molecular formula is C16H15FN2O6S. The summed E-state index contributed by atoms with van der Waals surface area (Å²) in [5.74, 6) is -2.76. The number of aromatic nitrogens is 1. The topological polar surface area (TPSA) is 104 Å². The molecule has 0 aliphatic rings. The third-order valence-corrected chi connectivity index (χ3v) is 4.61. The molecular weight excluding hydrogens is 367 g/mol. The van der Waals surface area contributed by atoms with E-state index in [1.165, 1.54) is 14.0 Å². The molecule has 0 aliphatic heterocycles. The van der Waals surface area contributed by atoms with Gasteiger partial charge in [0, 0.05) is 12.3 Å². The van der Waals surface area contributed by atoms with Crippen LogP contribution in [0.15, 0.2) is 23.1 Å². The summed E-state index contributed by atoms with van der Waals surface area (Å²) < 4.78 is 23.4. The molecule has 1 N–H and O–H groups in total. The van der Waals surface area contributed by atoms with Crippen LogP contribution in [0.1, 0.15) is 25.6 Å². The Labute approximate surface area is 151 Å². The number of pyridine rings is 1. The standard InChI is InChI=1S/C16H15FN2O6S/c1-8-12(15(22)24-2)14(26-13(8)16(23)25-3)18-10(20)7-19-6-9(17)4-5-11(19)21/h4-6H,7H2,1-3H3,(H,18,20). The lowest BCUT2D eigenvalue weighted by molar-refractivity contribution is -0.116. The van der Waals surface area contributed by atoms with Gasteiger partial charge >= 0.3 is 11.9 Å². The number of methoxy groups -OCH3 is 2. The van der Waals surface area contributed by atoms with Crippen molar-refractivity contribution in [2.24, 2.45) is 0 Å². The lowest BCUT2D eigenvalue weighted by Gasteiger charge is -2.08. The van der Waals surface area contributed by atoms with Crippen molar-refractivity contribution in [2.75, 3.05) is 19.5 Å². The molecule has 1 amide bonds. The summed E-state index contributed by atoms with van der Waals surface area (Å²) in [5, 5.41) is 2.52. The molecule has 2 heterocycles. The van der Waals surface area contributed by atoms with Gasteiger partial charge in [-0.1, -0.05) is 0 Å². The number of ether oxygens (including phenoxy) is 2. The zero-order valence-electron chi connectivity index (χ0n) is 14.1. The number of amides is 1. The number of esters is 2. The molecule has 0 bridgehead atoms. The molecule has 0 atom stereocenters. The Hall–Kier alpha value is -3.01. The summed E-state index contributed by atoms with van der Waals surface area (Å²) in [6, 6.07) is 1.98. The quantitative estimate of drug-likeness (QED) is 0.788. The fraction of sp³-hybridized carbons (Fsp3) is 0.250. The van der Waals surface area contributed by atoms with Crippen LogP contribution in [0.2, 0.25) is 0 Å². The van der Waals surface area contributed by atoms with Crippen LogP contribution < -0.4 is 10.9 Å². The van der Waals surface area contributed by atoms with Gasteiger partial charge < -0.3 is 19.4 Å².